The van der Waals surface area contributed by atoms with Crippen LogP contribution >= 0.6 is 0 Å². The first-order valence-electron chi connectivity index (χ1n) is 6.16. The molecule has 0 radical (unpaired) electrons. The van der Waals surface area contributed by atoms with Crippen molar-refractivity contribution in [3.63, 3.8) is 0 Å². The SMILES string of the molecule is CCCNC(=O)N[C@H](C)c1cc(C)ccc1C. The van der Waals surface area contributed by atoms with Crippen molar-refractivity contribution in [2.75, 3.05) is 6.54 Å². The Morgan fingerprint density at radius 3 is 2.71 bits per heavy atom. The molecular formula is C14H22N2O. The number of amides is 2. The van der Waals surface area contributed by atoms with Gasteiger partial charge in [-0.05, 0) is 38.3 Å². The van der Waals surface area contributed by atoms with E-state index < -0.39 is 0 Å². The van der Waals surface area contributed by atoms with Crippen molar-refractivity contribution in [3.05, 3.63) is 34.9 Å². The zero-order valence-electron chi connectivity index (χ0n) is 11.1. The number of hydrogen-bond acceptors (Lipinski definition) is 1. The zero-order chi connectivity index (χ0) is 12.8. The second-order valence-electron chi connectivity index (χ2n) is 4.48. The van der Waals surface area contributed by atoms with E-state index in [4.69, 9.17) is 0 Å². The highest BCUT2D eigenvalue weighted by atomic mass is 16.2. The molecule has 0 saturated carbocycles. The summed E-state index contributed by atoms with van der Waals surface area (Å²) >= 11 is 0. The third-order valence-corrected chi connectivity index (χ3v) is 2.78. The summed E-state index contributed by atoms with van der Waals surface area (Å²) in [5.74, 6) is 0. The first-order valence-corrected chi connectivity index (χ1v) is 6.16. The normalized spacial score (nSPS) is 12.0. The van der Waals surface area contributed by atoms with Gasteiger partial charge in [-0.2, -0.15) is 0 Å². The van der Waals surface area contributed by atoms with Crippen molar-refractivity contribution in [1.29, 1.82) is 0 Å². The van der Waals surface area contributed by atoms with Crippen molar-refractivity contribution in [2.45, 2.75) is 40.2 Å². The van der Waals surface area contributed by atoms with Gasteiger partial charge in [0.25, 0.3) is 0 Å². The molecule has 0 unspecified atom stereocenters. The topological polar surface area (TPSA) is 41.1 Å². The number of carbonyl (C=O) groups excluding carboxylic acids is 1. The number of aryl methyl sites for hydroxylation is 2. The highest BCUT2D eigenvalue weighted by Gasteiger charge is 2.11. The lowest BCUT2D eigenvalue weighted by Crippen LogP contribution is -2.37. The van der Waals surface area contributed by atoms with Gasteiger partial charge in [0, 0.05) is 6.54 Å². The Hall–Kier alpha value is -1.51. The molecule has 0 spiro atoms. The molecule has 2 N–H and O–H groups in total. The van der Waals surface area contributed by atoms with Crippen LogP contribution in [0.2, 0.25) is 0 Å². The monoisotopic (exact) mass is 234 g/mol. The van der Waals surface area contributed by atoms with E-state index in [0.29, 0.717) is 6.54 Å². The molecule has 0 aliphatic rings. The van der Waals surface area contributed by atoms with E-state index in [0.717, 1.165) is 6.42 Å². The second kappa shape index (κ2) is 6.28. The minimum absolute atomic E-state index is 0.0340. The molecule has 0 heterocycles. The van der Waals surface area contributed by atoms with Crippen molar-refractivity contribution in [1.82, 2.24) is 10.6 Å². The van der Waals surface area contributed by atoms with Crippen LogP contribution in [0.5, 0.6) is 0 Å². The first kappa shape index (κ1) is 13.6. The molecule has 0 bridgehead atoms. The molecule has 1 atom stereocenters. The summed E-state index contributed by atoms with van der Waals surface area (Å²) in [7, 11) is 0. The van der Waals surface area contributed by atoms with Crippen LogP contribution in [0.4, 0.5) is 4.79 Å². The lowest BCUT2D eigenvalue weighted by molar-refractivity contribution is 0.238. The van der Waals surface area contributed by atoms with Gasteiger partial charge in [0.15, 0.2) is 0 Å². The number of benzene rings is 1. The minimum Gasteiger partial charge on any atom is -0.338 e. The molecule has 1 rings (SSSR count). The molecule has 1 aromatic rings. The predicted molar refractivity (Wildman–Crippen MR) is 71.2 cm³/mol. The van der Waals surface area contributed by atoms with Gasteiger partial charge in [0.05, 0.1) is 6.04 Å². The first-order chi connectivity index (χ1) is 8.04. The van der Waals surface area contributed by atoms with E-state index in [9.17, 15) is 4.79 Å². The quantitative estimate of drug-likeness (QED) is 0.826. The van der Waals surface area contributed by atoms with Crippen LogP contribution in [-0.4, -0.2) is 12.6 Å². The molecule has 0 aliphatic heterocycles. The Labute approximate surface area is 104 Å². The Morgan fingerprint density at radius 2 is 2.06 bits per heavy atom. The molecule has 17 heavy (non-hydrogen) atoms. The van der Waals surface area contributed by atoms with E-state index in [1.807, 2.05) is 13.8 Å². The lowest BCUT2D eigenvalue weighted by atomic mass is 10.0. The molecule has 94 valence electrons. The van der Waals surface area contributed by atoms with Crippen molar-refractivity contribution >= 4 is 6.03 Å². The van der Waals surface area contributed by atoms with Gasteiger partial charge in [-0.25, -0.2) is 4.79 Å². The van der Waals surface area contributed by atoms with Gasteiger partial charge >= 0.3 is 6.03 Å². The largest absolute Gasteiger partial charge is 0.338 e. The summed E-state index contributed by atoms with van der Waals surface area (Å²) in [5.41, 5.74) is 3.60. The number of carbonyl (C=O) groups is 1. The third-order valence-electron chi connectivity index (χ3n) is 2.78. The number of nitrogens with one attached hydrogen (secondary N) is 2. The lowest BCUT2D eigenvalue weighted by Gasteiger charge is -2.17. The van der Waals surface area contributed by atoms with Gasteiger partial charge in [0.1, 0.15) is 0 Å². The predicted octanol–water partition coefficient (Wildman–Crippen LogP) is 3.07. The molecule has 0 aliphatic carbocycles. The van der Waals surface area contributed by atoms with Crippen LogP contribution in [0.1, 0.15) is 43.0 Å². The zero-order valence-corrected chi connectivity index (χ0v) is 11.1. The van der Waals surface area contributed by atoms with Crippen LogP contribution in [0.3, 0.4) is 0 Å². The third kappa shape index (κ3) is 4.10. The highest BCUT2D eigenvalue weighted by molar-refractivity contribution is 5.74. The number of urea groups is 1. The second-order valence-corrected chi connectivity index (χ2v) is 4.48. The average Bonchev–Trinajstić information content (AvgIpc) is 2.29. The summed E-state index contributed by atoms with van der Waals surface area (Å²) in [6.07, 6.45) is 0.950. The summed E-state index contributed by atoms with van der Waals surface area (Å²) in [5, 5.41) is 5.77. The fraction of sp³-hybridized carbons (Fsp3) is 0.500. The minimum atomic E-state index is -0.0970. The maximum atomic E-state index is 11.6. The standard InChI is InChI=1S/C14H22N2O/c1-5-8-15-14(17)16-12(4)13-9-10(2)6-7-11(13)3/h6-7,9,12H,5,8H2,1-4H3,(H2,15,16,17)/t12-/m1/s1. The van der Waals surface area contributed by atoms with E-state index in [2.05, 4.69) is 42.7 Å². The molecule has 3 heteroatoms. The molecule has 0 fully saturated rings. The molecule has 0 aromatic heterocycles. The van der Waals surface area contributed by atoms with E-state index in [1.165, 1.54) is 16.7 Å². The summed E-state index contributed by atoms with van der Waals surface area (Å²) in [6.45, 7) is 8.89. The molecule has 3 nitrogen and oxygen atoms in total. The van der Waals surface area contributed by atoms with Crippen LogP contribution in [0, 0.1) is 13.8 Å². The van der Waals surface area contributed by atoms with E-state index in [1.54, 1.807) is 0 Å². The van der Waals surface area contributed by atoms with Crippen LogP contribution in [0.25, 0.3) is 0 Å². The Kier molecular flexibility index (Phi) is 5.01. The maximum Gasteiger partial charge on any atom is 0.315 e. The summed E-state index contributed by atoms with van der Waals surface area (Å²) < 4.78 is 0. The van der Waals surface area contributed by atoms with E-state index in [-0.39, 0.29) is 12.1 Å². The van der Waals surface area contributed by atoms with Crippen LogP contribution < -0.4 is 10.6 Å². The van der Waals surface area contributed by atoms with Gasteiger partial charge in [-0.15, -0.1) is 0 Å². The maximum absolute atomic E-state index is 11.6. The smallest absolute Gasteiger partial charge is 0.315 e. The number of rotatable bonds is 4. The van der Waals surface area contributed by atoms with Crippen molar-refractivity contribution < 1.29 is 4.79 Å². The summed E-state index contributed by atoms with van der Waals surface area (Å²) in [6, 6.07) is 6.24. The molecule has 0 saturated heterocycles. The van der Waals surface area contributed by atoms with Gasteiger partial charge in [0.2, 0.25) is 0 Å². The van der Waals surface area contributed by atoms with E-state index >= 15 is 0 Å². The van der Waals surface area contributed by atoms with Crippen molar-refractivity contribution in [3.8, 4) is 0 Å². The number of hydrogen-bond donors (Lipinski definition) is 2. The Balaban J connectivity index is 2.66. The van der Waals surface area contributed by atoms with Gasteiger partial charge in [-0.1, -0.05) is 30.7 Å². The van der Waals surface area contributed by atoms with Crippen LogP contribution in [0.15, 0.2) is 18.2 Å². The van der Waals surface area contributed by atoms with Crippen LogP contribution in [-0.2, 0) is 0 Å². The summed E-state index contributed by atoms with van der Waals surface area (Å²) in [4.78, 5) is 11.6. The Bertz CT molecular complexity index is 388. The fourth-order valence-electron chi connectivity index (χ4n) is 1.79. The Morgan fingerprint density at radius 1 is 1.35 bits per heavy atom. The fourth-order valence-corrected chi connectivity index (χ4v) is 1.79. The average molecular weight is 234 g/mol. The van der Waals surface area contributed by atoms with Gasteiger partial charge in [-0.3, -0.25) is 0 Å². The molecule has 2 amide bonds. The molecule has 1 aromatic carbocycles. The van der Waals surface area contributed by atoms with Gasteiger partial charge < -0.3 is 10.6 Å². The van der Waals surface area contributed by atoms with Crippen molar-refractivity contribution in [2.24, 2.45) is 0 Å². The highest BCUT2D eigenvalue weighted by Crippen LogP contribution is 2.18. The molecular weight excluding hydrogens is 212 g/mol.